The van der Waals surface area contributed by atoms with Gasteiger partial charge in [-0.3, -0.25) is 9.78 Å². The number of pyridine rings is 1. The molecule has 0 unspecified atom stereocenters. The zero-order valence-electron chi connectivity index (χ0n) is 13.2. The lowest BCUT2D eigenvalue weighted by molar-refractivity contribution is 0.0968. The number of carbonyl (C=O) groups is 1. The molecule has 0 saturated carbocycles. The normalized spacial score (nSPS) is 11.6. The number of hydrogen-bond donors (Lipinski definition) is 0. The number of rotatable bonds is 6. The van der Waals surface area contributed by atoms with Gasteiger partial charge in [0.15, 0.2) is 5.92 Å². The average molecular weight is 315 g/mol. The number of nitrogens with zero attached hydrogens (tertiary/aromatic N) is 3. The fourth-order valence-electron chi connectivity index (χ4n) is 2.68. The number of aromatic nitrogens is 2. The van der Waals surface area contributed by atoms with E-state index in [9.17, 15) is 10.1 Å². The molecule has 0 aliphatic heterocycles. The molecule has 0 bridgehead atoms. The minimum Gasteiger partial charge on any atom is -0.345 e. The van der Waals surface area contributed by atoms with E-state index >= 15 is 0 Å². The minimum atomic E-state index is -0.878. The molecule has 0 N–H and O–H groups in total. The maximum Gasteiger partial charge on any atom is 0.202 e. The molecule has 2 aromatic heterocycles. The lowest BCUT2D eigenvalue weighted by Crippen LogP contribution is -2.17. The van der Waals surface area contributed by atoms with Gasteiger partial charge in [-0.15, -0.1) is 0 Å². The number of benzene rings is 1. The third-order valence-electron chi connectivity index (χ3n) is 3.94. The van der Waals surface area contributed by atoms with Crippen LogP contribution in [0.25, 0.3) is 0 Å². The number of nitriles is 1. The number of aryl methyl sites for hydroxylation is 2. The molecule has 2 heterocycles. The summed E-state index contributed by atoms with van der Waals surface area (Å²) in [6, 6.07) is 21.1. The van der Waals surface area contributed by atoms with Gasteiger partial charge >= 0.3 is 0 Å². The zero-order chi connectivity index (χ0) is 16.8. The molecule has 0 spiro atoms. The highest BCUT2D eigenvalue weighted by Crippen LogP contribution is 2.19. The summed E-state index contributed by atoms with van der Waals surface area (Å²) in [5.74, 6) is -1.09. The van der Waals surface area contributed by atoms with E-state index < -0.39 is 5.92 Å². The molecule has 0 saturated heterocycles. The number of ketones is 1. The third kappa shape index (κ3) is 3.41. The molecule has 1 aromatic carbocycles. The quantitative estimate of drug-likeness (QED) is 0.653. The Kier molecular flexibility index (Phi) is 4.83. The van der Waals surface area contributed by atoms with Gasteiger partial charge in [-0.25, -0.2) is 0 Å². The molecule has 0 fully saturated rings. The largest absolute Gasteiger partial charge is 0.345 e. The molecule has 3 aromatic rings. The van der Waals surface area contributed by atoms with E-state index in [0.717, 1.165) is 6.42 Å². The highest BCUT2D eigenvalue weighted by Gasteiger charge is 2.25. The van der Waals surface area contributed by atoms with E-state index in [1.807, 2.05) is 35.0 Å². The van der Waals surface area contributed by atoms with Crippen LogP contribution in [-0.2, 0) is 13.0 Å². The van der Waals surface area contributed by atoms with Crippen LogP contribution < -0.4 is 0 Å². The van der Waals surface area contributed by atoms with Crippen molar-refractivity contribution >= 4 is 5.78 Å². The Labute approximate surface area is 141 Å². The van der Waals surface area contributed by atoms with Crippen molar-refractivity contribution < 1.29 is 4.79 Å². The van der Waals surface area contributed by atoms with E-state index in [2.05, 4.69) is 23.2 Å². The Bertz CT molecular complexity index is 847. The summed E-state index contributed by atoms with van der Waals surface area (Å²) in [6.07, 6.45) is 4.31. The second-order valence-electron chi connectivity index (χ2n) is 5.50. The van der Waals surface area contributed by atoms with Gasteiger partial charge in [-0.2, -0.15) is 5.26 Å². The van der Waals surface area contributed by atoms with Crippen molar-refractivity contribution in [3.63, 3.8) is 0 Å². The topological polar surface area (TPSA) is 58.7 Å². The molecular weight excluding hydrogens is 298 g/mol. The number of carbonyl (C=O) groups excluding carboxylic acids is 1. The van der Waals surface area contributed by atoms with Gasteiger partial charge in [-0.05, 0) is 36.2 Å². The van der Waals surface area contributed by atoms with E-state index in [0.29, 0.717) is 17.9 Å². The summed E-state index contributed by atoms with van der Waals surface area (Å²) >= 11 is 0. The standard InChI is InChI=1S/C20H17N3O/c21-15-17(18-9-4-5-12-22-18)20(24)19-10-6-13-23(19)14-11-16-7-2-1-3-8-16/h1-10,12-13,17H,11,14H2/t17-/m1/s1. The summed E-state index contributed by atoms with van der Waals surface area (Å²) in [5.41, 5.74) is 2.25. The van der Waals surface area contributed by atoms with Crippen LogP contribution in [0.1, 0.15) is 27.7 Å². The SMILES string of the molecule is N#C[C@@H](C(=O)c1cccn1CCc1ccccc1)c1ccccn1. The Hall–Kier alpha value is -3.19. The molecule has 1 atom stereocenters. The second-order valence-corrected chi connectivity index (χ2v) is 5.50. The molecule has 3 rings (SSSR count). The predicted molar refractivity (Wildman–Crippen MR) is 91.5 cm³/mol. The van der Waals surface area contributed by atoms with Crippen molar-refractivity contribution in [1.82, 2.24) is 9.55 Å². The number of Topliss-reactive ketones (excluding diaryl/α,β-unsaturated/α-hetero) is 1. The fraction of sp³-hybridized carbons (Fsp3) is 0.150. The van der Waals surface area contributed by atoms with Crippen LogP contribution in [0.3, 0.4) is 0 Å². The Balaban J connectivity index is 1.79. The molecule has 4 nitrogen and oxygen atoms in total. The molecule has 0 radical (unpaired) electrons. The lowest BCUT2D eigenvalue weighted by atomic mass is 9.98. The van der Waals surface area contributed by atoms with E-state index in [1.165, 1.54) is 5.56 Å². The highest BCUT2D eigenvalue weighted by molar-refractivity contribution is 6.01. The van der Waals surface area contributed by atoms with Crippen LogP contribution in [0, 0.1) is 11.3 Å². The third-order valence-corrected chi connectivity index (χ3v) is 3.94. The van der Waals surface area contributed by atoms with Crippen LogP contribution in [0.5, 0.6) is 0 Å². The lowest BCUT2D eigenvalue weighted by Gasteiger charge is -2.11. The zero-order valence-corrected chi connectivity index (χ0v) is 13.2. The van der Waals surface area contributed by atoms with Crippen molar-refractivity contribution in [2.75, 3.05) is 0 Å². The van der Waals surface area contributed by atoms with Gasteiger partial charge in [0.05, 0.1) is 17.5 Å². The monoisotopic (exact) mass is 315 g/mol. The summed E-state index contributed by atoms with van der Waals surface area (Å²) < 4.78 is 1.91. The van der Waals surface area contributed by atoms with Crippen LogP contribution in [0.15, 0.2) is 73.1 Å². The molecule has 118 valence electrons. The molecule has 24 heavy (non-hydrogen) atoms. The van der Waals surface area contributed by atoms with E-state index in [4.69, 9.17) is 0 Å². The number of hydrogen-bond acceptors (Lipinski definition) is 3. The maximum atomic E-state index is 12.8. The van der Waals surface area contributed by atoms with Gasteiger partial charge in [0.2, 0.25) is 5.78 Å². The highest BCUT2D eigenvalue weighted by atomic mass is 16.1. The molecule has 0 aliphatic rings. The first-order chi connectivity index (χ1) is 11.8. The Morgan fingerprint density at radius 1 is 1.08 bits per heavy atom. The van der Waals surface area contributed by atoms with Crippen LogP contribution in [0.2, 0.25) is 0 Å². The van der Waals surface area contributed by atoms with Crippen molar-refractivity contribution in [2.24, 2.45) is 0 Å². The summed E-state index contributed by atoms with van der Waals surface area (Å²) in [7, 11) is 0. The predicted octanol–water partition coefficient (Wildman–Crippen LogP) is 3.62. The van der Waals surface area contributed by atoms with Crippen molar-refractivity contribution in [2.45, 2.75) is 18.9 Å². The van der Waals surface area contributed by atoms with Gasteiger partial charge < -0.3 is 4.57 Å². The first-order valence-corrected chi connectivity index (χ1v) is 7.83. The van der Waals surface area contributed by atoms with Gasteiger partial charge in [0.1, 0.15) is 0 Å². The molecular formula is C20H17N3O. The second kappa shape index (κ2) is 7.38. The van der Waals surface area contributed by atoms with Crippen LogP contribution in [0.4, 0.5) is 0 Å². The molecule has 0 amide bonds. The van der Waals surface area contributed by atoms with Gasteiger partial charge in [0, 0.05) is 18.9 Å². The summed E-state index contributed by atoms with van der Waals surface area (Å²) in [6.45, 7) is 0.693. The summed E-state index contributed by atoms with van der Waals surface area (Å²) in [5, 5.41) is 9.43. The van der Waals surface area contributed by atoms with Crippen LogP contribution in [-0.4, -0.2) is 15.3 Å². The van der Waals surface area contributed by atoms with E-state index in [-0.39, 0.29) is 5.78 Å². The Morgan fingerprint density at radius 3 is 2.58 bits per heavy atom. The smallest absolute Gasteiger partial charge is 0.202 e. The molecule has 0 aliphatic carbocycles. The van der Waals surface area contributed by atoms with Crippen LogP contribution >= 0.6 is 0 Å². The Morgan fingerprint density at radius 2 is 1.88 bits per heavy atom. The van der Waals surface area contributed by atoms with E-state index in [1.54, 1.807) is 30.5 Å². The first kappa shape index (κ1) is 15.7. The fourth-order valence-corrected chi connectivity index (χ4v) is 2.68. The summed E-state index contributed by atoms with van der Waals surface area (Å²) in [4.78, 5) is 16.9. The first-order valence-electron chi connectivity index (χ1n) is 7.83. The maximum absolute atomic E-state index is 12.8. The van der Waals surface area contributed by atoms with Gasteiger partial charge in [-0.1, -0.05) is 36.4 Å². The van der Waals surface area contributed by atoms with Crippen molar-refractivity contribution in [3.8, 4) is 6.07 Å². The molecule has 4 heteroatoms. The average Bonchev–Trinajstić information content (AvgIpc) is 3.11. The minimum absolute atomic E-state index is 0.214. The van der Waals surface area contributed by atoms with Crippen molar-refractivity contribution in [3.05, 3.63) is 90.0 Å². The van der Waals surface area contributed by atoms with Gasteiger partial charge in [0.25, 0.3) is 0 Å². The van der Waals surface area contributed by atoms with Crippen molar-refractivity contribution in [1.29, 1.82) is 5.26 Å².